The Hall–Kier alpha value is -4.38. The van der Waals surface area contributed by atoms with Crippen molar-refractivity contribution in [3.8, 4) is 22.9 Å². The van der Waals surface area contributed by atoms with Gasteiger partial charge < -0.3 is 21.1 Å². The zero-order valence-electron chi connectivity index (χ0n) is 17.0. The predicted molar refractivity (Wildman–Crippen MR) is 120 cm³/mol. The Kier molecular flexibility index (Phi) is 6.46. The normalized spacial score (nSPS) is 10.6. The number of urea groups is 1. The summed E-state index contributed by atoms with van der Waals surface area (Å²) < 4.78 is 45.8. The number of benzene rings is 2. The lowest BCUT2D eigenvalue weighted by molar-refractivity contribution is 0.262. The number of anilines is 3. The van der Waals surface area contributed by atoms with Gasteiger partial charge in [-0.1, -0.05) is 23.7 Å². The number of aromatic nitrogens is 3. The van der Waals surface area contributed by atoms with Crippen LogP contribution in [0, 0.1) is 17.5 Å². The van der Waals surface area contributed by atoms with Crippen molar-refractivity contribution in [2.75, 3.05) is 16.4 Å². The van der Waals surface area contributed by atoms with Gasteiger partial charge in [-0.15, -0.1) is 0 Å². The van der Waals surface area contributed by atoms with Crippen molar-refractivity contribution in [1.29, 1.82) is 0 Å². The molecule has 4 aromatic rings. The van der Waals surface area contributed by atoms with Gasteiger partial charge >= 0.3 is 12.0 Å². The molecule has 0 unspecified atom stereocenters. The zero-order chi connectivity index (χ0) is 24.2. The number of halogens is 4. The molecule has 0 spiro atoms. The van der Waals surface area contributed by atoms with Crippen molar-refractivity contribution < 1.29 is 22.7 Å². The maximum Gasteiger partial charge on any atom is 0.323 e. The standard InChI is InChI=1S/C22H14ClF3N6O2/c23-12-5-16(20(27)28-8-12)11-1-3-15(4-2-11)34-22-29-9-14(10-30-22)31-21(33)32-19-17(25)6-13(24)7-18(19)26/h1-10H,(H2,27,28)(H2,31,32,33). The van der Waals surface area contributed by atoms with Gasteiger partial charge in [0.25, 0.3) is 0 Å². The Bertz CT molecular complexity index is 1330. The molecule has 2 heterocycles. The maximum absolute atomic E-state index is 13.7. The van der Waals surface area contributed by atoms with Crippen LogP contribution in [0.25, 0.3) is 11.1 Å². The van der Waals surface area contributed by atoms with Gasteiger partial charge in [0.2, 0.25) is 0 Å². The van der Waals surface area contributed by atoms with Crippen molar-refractivity contribution >= 4 is 34.8 Å². The highest BCUT2D eigenvalue weighted by atomic mass is 35.5. The molecule has 0 aliphatic carbocycles. The van der Waals surface area contributed by atoms with Crippen molar-refractivity contribution in [3.63, 3.8) is 0 Å². The molecule has 0 atom stereocenters. The third kappa shape index (κ3) is 5.33. The van der Waals surface area contributed by atoms with Crippen molar-refractivity contribution in [1.82, 2.24) is 15.0 Å². The zero-order valence-corrected chi connectivity index (χ0v) is 17.8. The van der Waals surface area contributed by atoms with Crippen LogP contribution in [0.3, 0.4) is 0 Å². The fraction of sp³-hybridized carbons (Fsp3) is 0. The minimum Gasteiger partial charge on any atom is -0.424 e. The number of pyridine rings is 1. The Balaban J connectivity index is 1.38. The van der Waals surface area contributed by atoms with Crippen LogP contribution in [0.15, 0.2) is 61.1 Å². The topological polar surface area (TPSA) is 115 Å². The van der Waals surface area contributed by atoms with E-state index in [2.05, 4.69) is 20.3 Å². The van der Waals surface area contributed by atoms with E-state index in [9.17, 15) is 18.0 Å². The highest BCUT2D eigenvalue weighted by Gasteiger charge is 2.15. The van der Waals surface area contributed by atoms with Crippen LogP contribution in [0.1, 0.15) is 0 Å². The number of hydrogen-bond acceptors (Lipinski definition) is 6. The number of nitrogens with zero attached hydrogens (tertiary/aromatic N) is 3. The number of rotatable bonds is 5. The second-order valence-electron chi connectivity index (χ2n) is 6.79. The molecule has 4 rings (SSSR count). The Labute approximate surface area is 195 Å². The molecular weight excluding hydrogens is 473 g/mol. The maximum atomic E-state index is 13.7. The van der Waals surface area contributed by atoms with E-state index in [1.165, 1.54) is 18.6 Å². The molecule has 0 aliphatic heterocycles. The average molecular weight is 487 g/mol. The van der Waals surface area contributed by atoms with Gasteiger partial charge in [0.1, 0.15) is 23.1 Å². The lowest BCUT2D eigenvalue weighted by Crippen LogP contribution is -2.21. The number of carbonyl (C=O) groups excluding carboxylic acids is 1. The van der Waals surface area contributed by atoms with Crippen LogP contribution in [-0.4, -0.2) is 21.0 Å². The molecule has 2 amide bonds. The van der Waals surface area contributed by atoms with E-state index < -0.39 is 29.2 Å². The van der Waals surface area contributed by atoms with E-state index in [0.29, 0.717) is 34.3 Å². The van der Waals surface area contributed by atoms with E-state index in [1.807, 2.05) is 5.32 Å². The Morgan fingerprint density at radius 2 is 1.56 bits per heavy atom. The van der Waals surface area contributed by atoms with Crippen molar-refractivity contribution in [2.24, 2.45) is 0 Å². The minimum absolute atomic E-state index is 0.0155. The molecule has 12 heteroatoms. The number of nitrogens with two attached hydrogens (primary N) is 1. The number of nitrogen functional groups attached to an aromatic ring is 1. The first-order valence-corrected chi connectivity index (χ1v) is 9.90. The summed E-state index contributed by atoms with van der Waals surface area (Å²) in [7, 11) is 0. The Morgan fingerprint density at radius 3 is 2.21 bits per heavy atom. The molecule has 4 N–H and O–H groups in total. The van der Waals surface area contributed by atoms with Gasteiger partial charge in [-0.25, -0.2) is 32.9 Å². The van der Waals surface area contributed by atoms with Gasteiger partial charge in [0.05, 0.1) is 23.1 Å². The van der Waals surface area contributed by atoms with E-state index in [-0.39, 0.29) is 11.7 Å². The Morgan fingerprint density at radius 1 is 0.912 bits per heavy atom. The van der Waals surface area contributed by atoms with Gasteiger partial charge in [0, 0.05) is 23.9 Å². The van der Waals surface area contributed by atoms with Crippen LogP contribution in [0.4, 0.5) is 35.2 Å². The molecule has 0 saturated carbocycles. The fourth-order valence-electron chi connectivity index (χ4n) is 2.86. The summed E-state index contributed by atoms with van der Waals surface area (Å²) in [5.41, 5.74) is 6.66. The molecule has 8 nitrogen and oxygen atoms in total. The molecule has 34 heavy (non-hydrogen) atoms. The van der Waals surface area contributed by atoms with Crippen LogP contribution in [0.5, 0.6) is 11.8 Å². The van der Waals surface area contributed by atoms with E-state index in [1.54, 1.807) is 30.3 Å². The minimum atomic E-state index is -1.26. The summed E-state index contributed by atoms with van der Waals surface area (Å²) in [6.07, 6.45) is 3.91. The highest BCUT2D eigenvalue weighted by Crippen LogP contribution is 2.29. The third-order valence-electron chi connectivity index (χ3n) is 4.39. The van der Waals surface area contributed by atoms with Crippen LogP contribution in [0.2, 0.25) is 5.02 Å². The smallest absolute Gasteiger partial charge is 0.323 e. The summed E-state index contributed by atoms with van der Waals surface area (Å²) in [5, 5.41) is 4.71. The molecule has 0 radical (unpaired) electrons. The molecule has 0 fully saturated rings. The number of nitrogens with one attached hydrogen (secondary N) is 2. The molecular formula is C22H14ClF3N6O2. The van der Waals surface area contributed by atoms with Crippen molar-refractivity contribution in [2.45, 2.75) is 0 Å². The van der Waals surface area contributed by atoms with Crippen LogP contribution in [-0.2, 0) is 0 Å². The molecule has 2 aromatic heterocycles. The monoisotopic (exact) mass is 486 g/mol. The van der Waals surface area contributed by atoms with E-state index in [4.69, 9.17) is 22.1 Å². The lowest BCUT2D eigenvalue weighted by atomic mass is 10.1. The molecule has 0 saturated heterocycles. The fourth-order valence-corrected chi connectivity index (χ4v) is 3.02. The molecule has 0 aliphatic rings. The summed E-state index contributed by atoms with van der Waals surface area (Å²) in [5.74, 6) is -2.86. The number of hydrogen-bond donors (Lipinski definition) is 3. The lowest BCUT2D eigenvalue weighted by Gasteiger charge is -2.10. The summed E-state index contributed by atoms with van der Waals surface area (Å²) in [6, 6.07) is 8.45. The number of carbonyl (C=O) groups is 1. The average Bonchev–Trinajstić information content (AvgIpc) is 2.80. The predicted octanol–water partition coefficient (Wildman–Crippen LogP) is 5.63. The van der Waals surface area contributed by atoms with E-state index in [0.717, 1.165) is 5.56 Å². The number of amides is 2. The highest BCUT2D eigenvalue weighted by molar-refractivity contribution is 6.30. The molecule has 0 bridgehead atoms. The van der Waals surface area contributed by atoms with Crippen LogP contribution < -0.4 is 21.1 Å². The molecule has 2 aromatic carbocycles. The van der Waals surface area contributed by atoms with E-state index >= 15 is 0 Å². The first kappa shape index (κ1) is 22.8. The second-order valence-corrected chi connectivity index (χ2v) is 7.23. The van der Waals surface area contributed by atoms with Gasteiger partial charge in [0.15, 0.2) is 11.6 Å². The summed E-state index contributed by atoms with van der Waals surface area (Å²) in [4.78, 5) is 23.9. The SMILES string of the molecule is Nc1ncc(Cl)cc1-c1ccc(Oc2ncc(NC(=O)Nc3c(F)cc(F)cc3F)cn2)cc1. The first-order chi connectivity index (χ1) is 16.3. The quantitative estimate of drug-likeness (QED) is 0.337. The number of ether oxygens (including phenoxy) is 1. The van der Waals surface area contributed by atoms with Crippen LogP contribution >= 0.6 is 11.6 Å². The summed E-state index contributed by atoms with van der Waals surface area (Å²) in [6.45, 7) is 0. The van der Waals surface area contributed by atoms with Crippen molar-refractivity contribution in [3.05, 3.63) is 83.5 Å². The molecule has 172 valence electrons. The van der Waals surface area contributed by atoms with Gasteiger partial charge in [-0.3, -0.25) is 0 Å². The van der Waals surface area contributed by atoms with Gasteiger partial charge in [-0.05, 0) is 23.8 Å². The van der Waals surface area contributed by atoms with Gasteiger partial charge in [-0.2, -0.15) is 0 Å². The second kappa shape index (κ2) is 9.63. The summed E-state index contributed by atoms with van der Waals surface area (Å²) >= 11 is 5.97. The largest absolute Gasteiger partial charge is 0.424 e. The third-order valence-corrected chi connectivity index (χ3v) is 4.60. The first-order valence-electron chi connectivity index (χ1n) is 9.52.